The molecule has 0 unspecified atom stereocenters. The van der Waals surface area contributed by atoms with Crippen molar-refractivity contribution < 1.29 is 42.5 Å². The number of hydrogen-bond donors (Lipinski definition) is 1. The monoisotopic (exact) mass is 992 g/mol. The van der Waals surface area contributed by atoms with Crippen molar-refractivity contribution in [1.82, 2.24) is 0 Å². The third-order valence-electron chi connectivity index (χ3n) is 18.2. The Morgan fingerprint density at radius 3 is 1.97 bits per heavy atom. The standard InChI is InChI=1S/C53H77BrO9Si2/c1-34(55)59-37-26-27-50(10)36(28-37)24-25-40-41(50)29-44(60-35(2)56)51(11)42(40)30-45-52(51,57)43(32-54)53(61-45)46(62-64(12,13)47(3,4)5)31-49(9,63-53)33-58-65(48(6,7)8,38-20-16-14-17-21-38)39-22-18-15-19-23-39/h14-23,30,36-37,40-41,43-46,57H,24-29,31-33H2,1-13H3/t36-,37-,40+,41-,43-,44+,45-,46+,49-,50-,51+,52+,53-/m0/s1. The molecule has 2 aromatic rings. The first-order valence-corrected chi connectivity index (χ1v) is 30.3. The van der Waals surface area contributed by atoms with E-state index in [4.69, 9.17) is 27.8 Å². The summed E-state index contributed by atoms with van der Waals surface area (Å²) in [6.07, 6.45) is 5.97. The Morgan fingerprint density at radius 2 is 1.43 bits per heavy atom. The Hall–Kier alpha value is -2.17. The predicted octanol–water partition coefficient (Wildman–Crippen LogP) is 10.0. The largest absolute Gasteiger partial charge is 0.463 e. The maximum absolute atomic E-state index is 14.1. The summed E-state index contributed by atoms with van der Waals surface area (Å²) in [6, 6.07) is 21.4. The van der Waals surface area contributed by atoms with Crippen LogP contribution in [-0.2, 0) is 37.4 Å². The second-order valence-electron chi connectivity index (χ2n) is 24.0. The first-order chi connectivity index (χ1) is 30.2. The van der Waals surface area contributed by atoms with Crippen LogP contribution in [0.4, 0.5) is 0 Å². The molecule has 3 saturated carbocycles. The third-order valence-corrected chi connectivity index (χ3v) is 28.3. The fraction of sp³-hybridized carbons (Fsp3) is 0.698. The summed E-state index contributed by atoms with van der Waals surface area (Å²) in [5.74, 6) is -1.76. The second kappa shape index (κ2) is 16.8. The van der Waals surface area contributed by atoms with Crippen LogP contribution in [0, 0.1) is 34.5 Å². The minimum atomic E-state index is -2.97. The number of aliphatic hydroxyl groups is 1. The van der Waals surface area contributed by atoms with Gasteiger partial charge in [-0.25, -0.2) is 0 Å². The number of hydrogen-bond acceptors (Lipinski definition) is 9. The van der Waals surface area contributed by atoms with Crippen LogP contribution in [0.5, 0.6) is 0 Å². The van der Waals surface area contributed by atoms with E-state index in [1.807, 2.05) is 0 Å². The van der Waals surface area contributed by atoms with Crippen molar-refractivity contribution in [2.75, 3.05) is 11.9 Å². The van der Waals surface area contributed by atoms with Gasteiger partial charge in [-0.3, -0.25) is 9.59 Å². The summed E-state index contributed by atoms with van der Waals surface area (Å²) in [6.45, 7) is 28.1. The molecule has 2 heterocycles. The van der Waals surface area contributed by atoms with Crippen molar-refractivity contribution in [1.29, 1.82) is 0 Å². The molecular formula is C53H77BrO9Si2. The number of alkyl halides is 1. The van der Waals surface area contributed by atoms with E-state index in [-0.39, 0.29) is 52.0 Å². The van der Waals surface area contributed by atoms with Gasteiger partial charge in [0.2, 0.25) is 5.79 Å². The highest BCUT2D eigenvalue weighted by atomic mass is 79.9. The van der Waals surface area contributed by atoms with Crippen molar-refractivity contribution in [3.63, 3.8) is 0 Å². The van der Waals surface area contributed by atoms with Crippen molar-refractivity contribution in [3.8, 4) is 0 Å². The Labute approximate surface area is 399 Å². The SMILES string of the molecule is CC(=O)O[C@H]1CC[C@@]2(C)[C@@H](CC[C@H]3C4=C[C@@H]5O[C@]6(O[C@](C)(CO[Si](c7ccccc7)(c7ccccc7)C(C)(C)C)C[C@H]6O[Si](C)(C)C(C)(C)C)[C@@H](CBr)[C@]5(O)[C@@]4(C)[C@H](OC(C)=O)C[C@@H]32)C1. The van der Waals surface area contributed by atoms with E-state index in [9.17, 15) is 14.7 Å². The molecule has 9 nitrogen and oxygen atoms in total. The zero-order valence-corrected chi connectivity index (χ0v) is 45.0. The zero-order valence-electron chi connectivity index (χ0n) is 41.4. The van der Waals surface area contributed by atoms with Crippen molar-refractivity contribution in [3.05, 3.63) is 72.3 Å². The Kier molecular flexibility index (Phi) is 12.7. The summed E-state index contributed by atoms with van der Waals surface area (Å²) in [4.78, 5) is 25.3. The molecule has 12 heteroatoms. The molecule has 8 rings (SSSR count). The molecule has 13 atom stereocenters. The van der Waals surface area contributed by atoms with E-state index in [2.05, 4.69) is 158 Å². The van der Waals surface area contributed by atoms with Gasteiger partial charge in [-0.15, -0.1) is 0 Å². The predicted molar refractivity (Wildman–Crippen MR) is 263 cm³/mol. The Morgan fingerprint density at radius 1 is 0.831 bits per heavy atom. The molecule has 2 aromatic carbocycles. The smallest absolute Gasteiger partial charge is 0.302 e. The summed E-state index contributed by atoms with van der Waals surface area (Å²) < 4.78 is 42.6. The lowest BCUT2D eigenvalue weighted by Crippen LogP contribution is -2.67. The zero-order chi connectivity index (χ0) is 47.4. The lowest BCUT2D eigenvalue weighted by Gasteiger charge is -2.62. The van der Waals surface area contributed by atoms with Crippen LogP contribution < -0.4 is 10.4 Å². The molecule has 0 radical (unpaired) electrons. The number of benzene rings is 2. The number of ether oxygens (including phenoxy) is 4. The minimum Gasteiger partial charge on any atom is -0.463 e. The fourth-order valence-electron chi connectivity index (χ4n) is 14.0. The van der Waals surface area contributed by atoms with Crippen LogP contribution in [0.25, 0.3) is 0 Å². The summed E-state index contributed by atoms with van der Waals surface area (Å²) in [5.41, 5.74) is -2.25. The number of halogens is 1. The highest BCUT2D eigenvalue weighted by Crippen LogP contribution is 2.72. The topological polar surface area (TPSA) is 110 Å². The van der Waals surface area contributed by atoms with Gasteiger partial charge in [0.25, 0.3) is 8.32 Å². The van der Waals surface area contributed by atoms with Crippen molar-refractivity contribution >= 4 is 54.9 Å². The Bertz CT molecular complexity index is 2100. The molecule has 6 aliphatic rings. The van der Waals surface area contributed by atoms with E-state index in [1.165, 1.54) is 24.2 Å². The first-order valence-electron chi connectivity index (χ1n) is 24.4. The van der Waals surface area contributed by atoms with E-state index in [1.54, 1.807) is 0 Å². The molecule has 1 N–H and O–H groups in total. The Balaban J connectivity index is 1.20. The molecule has 2 saturated heterocycles. The normalized spacial score (nSPS) is 39.2. The number of esters is 2. The lowest BCUT2D eigenvalue weighted by atomic mass is 9.44. The fourth-order valence-corrected chi connectivity index (χ4v) is 20.9. The third kappa shape index (κ3) is 7.67. The van der Waals surface area contributed by atoms with Crippen LogP contribution >= 0.6 is 15.9 Å². The van der Waals surface area contributed by atoms with Gasteiger partial charge in [0, 0.05) is 25.6 Å². The molecule has 0 aromatic heterocycles. The van der Waals surface area contributed by atoms with Gasteiger partial charge in [0.1, 0.15) is 30.0 Å². The van der Waals surface area contributed by atoms with Crippen molar-refractivity contribution in [2.45, 2.75) is 186 Å². The van der Waals surface area contributed by atoms with Crippen molar-refractivity contribution in [2.24, 2.45) is 34.5 Å². The molecule has 0 amide bonds. The molecule has 65 heavy (non-hydrogen) atoms. The van der Waals surface area contributed by atoms with Crippen LogP contribution in [0.15, 0.2) is 72.3 Å². The molecule has 0 bridgehead atoms. The lowest BCUT2D eigenvalue weighted by molar-refractivity contribution is -0.276. The number of rotatable bonds is 10. The highest BCUT2D eigenvalue weighted by Gasteiger charge is 2.81. The molecule has 5 fully saturated rings. The van der Waals surface area contributed by atoms with Gasteiger partial charge >= 0.3 is 11.9 Å². The van der Waals surface area contributed by atoms with Crippen LogP contribution in [-0.4, -0.2) is 87.0 Å². The maximum atomic E-state index is 14.1. The van der Waals surface area contributed by atoms with Gasteiger partial charge in [-0.05, 0) is 109 Å². The van der Waals surface area contributed by atoms with E-state index in [0.29, 0.717) is 24.1 Å². The first kappa shape index (κ1) is 49.3. The molecule has 4 aliphatic carbocycles. The van der Waals surface area contributed by atoms with E-state index < -0.39 is 63.3 Å². The molecule has 358 valence electrons. The molecule has 2 aliphatic heterocycles. The van der Waals surface area contributed by atoms with E-state index in [0.717, 1.165) is 37.7 Å². The van der Waals surface area contributed by atoms with Gasteiger partial charge < -0.3 is 32.9 Å². The van der Waals surface area contributed by atoms with Crippen LogP contribution in [0.1, 0.15) is 121 Å². The van der Waals surface area contributed by atoms with E-state index >= 15 is 0 Å². The number of fused-ring (bicyclic) bond motifs is 7. The maximum Gasteiger partial charge on any atom is 0.302 e. The van der Waals surface area contributed by atoms with Crippen LogP contribution in [0.3, 0.4) is 0 Å². The molecule has 1 spiro atoms. The van der Waals surface area contributed by atoms with Gasteiger partial charge in [-0.2, -0.15) is 0 Å². The number of carbonyl (C=O) groups is 2. The van der Waals surface area contributed by atoms with Gasteiger partial charge in [-0.1, -0.05) is 137 Å². The average molecular weight is 994 g/mol. The highest BCUT2D eigenvalue weighted by molar-refractivity contribution is 9.09. The quantitative estimate of drug-likeness (QED) is 0.108. The van der Waals surface area contributed by atoms with Gasteiger partial charge in [0.05, 0.1) is 23.5 Å². The van der Waals surface area contributed by atoms with Crippen LogP contribution in [0.2, 0.25) is 23.2 Å². The summed E-state index contributed by atoms with van der Waals surface area (Å²) >= 11 is 3.98. The second-order valence-corrected chi connectivity index (χ2v) is 33.7. The minimum absolute atomic E-state index is 0.0407. The summed E-state index contributed by atoms with van der Waals surface area (Å²) in [5, 5.41) is 16.5. The molecular weight excluding hydrogens is 917 g/mol. The average Bonchev–Trinajstić information content (AvgIpc) is 3.72. The van der Waals surface area contributed by atoms with Gasteiger partial charge in [0.15, 0.2) is 8.32 Å². The summed E-state index contributed by atoms with van der Waals surface area (Å²) in [7, 11) is -5.45. The number of carbonyl (C=O) groups excluding carboxylic acids is 2.